The van der Waals surface area contributed by atoms with Crippen molar-refractivity contribution in [3.8, 4) is 0 Å². The molecule has 1 aliphatic heterocycles. The van der Waals surface area contributed by atoms with E-state index in [9.17, 15) is 0 Å². The van der Waals surface area contributed by atoms with Gasteiger partial charge in [-0.1, -0.05) is 18.6 Å². The lowest BCUT2D eigenvalue weighted by molar-refractivity contribution is 0.141. The van der Waals surface area contributed by atoms with Gasteiger partial charge in [-0.05, 0) is 32.4 Å². The molecule has 1 atom stereocenters. The van der Waals surface area contributed by atoms with Crippen LogP contribution >= 0.6 is 0 Å². The Morgan fingerprint density at radius 1 is 1.50 bits per heavy atom. The van der Waals surface area contributed by atoms with Crippen LogP contribution in [-0.4, -0.2) is 33.8 Å². The fourth-order valence-corrected chi connectivity index (χ4v) is 2.45. The van der Waals surface area contributed by atoms with Crippen LogP contribution in [0.2, 0.25) is 0 Å². The number of piperidine rings is 1. The maximum atomic E-state index is 4.29. The molecule has 1 aliphatic rings. The van der Waals surface area contributed by atoms with Gasteiger partial charge in [0.2, 0.25) is 0 Å². The molecule has 2 heterocycles. The summed E-state index contributed by atoms with van der Waals surface area (Å²) in [6.45, 7) is 9.38. The average Bonchev–Trinajstić information content (AvgIpc) is 2.73. The highest BCUT2D eigenvalue weighted by atomic mass is 15.3. The molecule has 0 spiro atoms. The zero-order valence-electron chi connectivity index (χ0n) is 10.1. The van der Waals surface area contributed by atoms with E-state index in [1.54, 1.807) is 0 Å². The van der Waals surface area contributed by atoms with Crippen molar-refractivity contribution in [3.05, 3.63) is 30.6 Å². The lowest BCUT2D eigenvalue weighted by Crippen LogP contribution is -2.42. The summed E-state index contributed by atoms with van der Waals surface area (Å²) in [5, 5.41) is 4.29. The van der Waals surface area contributed by atoms with Gasteiger partial charge in [0, 0.05) is 25.0 Å². The fourth-order valence-electron chi connectivity index (χ4n) is 2.45. The monoisotopic (exact) mass is 219 g/mol. The molecule has 0 radical (unpaired) electrons. The predicted octanol–water partition coefficient (Wildman–Crippen LogP) is 2.31. The van der Waals surface area contributed by atoms with Gasteiger partial charge in [0.25, 0.3) is 0 Å². The third-order valence-electron chi connectivity index (χ3n) is 3.18. The van der Waals surface area contributed by atoms with Gasteiger partial charge < -0.3 is 0 Å². The van der Waals surface area contributed by atoms with Crippen molar-refractivity contribution in [3.63, 3.8) is 0 Å². The molecule has 3 heteroatoms. The molecule has 0 saturated carbocycles. The van der Waals surface area contributed by atoms with Gasteiger partial charge in [-0.2, -0.15) is 5.10 Å². The maximum Gasteiger partial charge on any atom is 0.0565 e. The van der Waals surface area contributed by atoms with Gasteiger partial charge in [-0.3, -0.25) is 9.58 Å². The van der Waals surface area contributed by atoms with Crippen LogP contribution in [0.1, 0.15) is 26.2 Å². The van der Waals surface area contributed by atoms with Gasteiger partial charge in [0.1, 0.15) is 0 Å². The molecule has 1 aromatic rings. The first-order valence-corrected chi connectivity index (χ1v) is 6.11. The second kappa shape index (κ2) is 5.30. The Morgan fingerprint density at radius 2 is 2.38 bits per heavy atom. The normalized spacial score (nSPS) is 22.2. The van der Waals surface area contributed by atoms with Crippen molar-refractivity contribution < 1.29 is 0 Å². The Kier molecular flexibility index (Phi) is 3.78. The second-order valence-electron chi connectivity index (χ2n) is 4.81. The molecule has 1 fully saturated rings. The third-order valence-corrected chi connectivity index (χ3v) is 3.18. The van der Waals surface area contributed by atoms with Crippen LogP contribution < -0.4 is 0 Å². The molecule has 0 amide bonds. The summed E-state index contributed by atoms with van der Waals surface area (Å²) in [6.07, 6.45) is 7.86. The molecule has 2 rings (SSSR count). The van der Waals surface area contributed by atoms with E-state index in [-0.39, 0.29) is 0 Å². The molecule has 88 valence electrons. The van der Waals surface area contributed by atoms with E-state index < -0.39 is 0 Å². The molecular formula is C13H21N3. The van der Waals surface area contributed by atoms with Crippen molar-refractivity contribution >= 4 is 0 Å². The van der Waals surface area contributed by atoms with Crippen LogP contribution in [0, 0.1) is 0 Å². The van der Waals surface area contributed by atoms with Crippen LogP contribution in [0.5, 0.6) is 0 Å². The number of aromatic nitrogens is 2. The number of hydrogen-bond donors (Lipinski definition) is 0. The molecule has 1 aromatic heterocycles. The maximum absolute atomic E-state index is 4.29. The quantitative estimate of drug-likeness (QED) is 0.725. The third kappa shape index (κ3) is 2.95. The number of likely N-dealkylation sites (tertiary alicyclic amines) is 1. The first kappa shape index (κ1) is 11.4. The van der Waals surface area contributed by atoms with Crippen LogP contribution in [0.4, 0.5) is 0 Å². The van der Waals surface area contributed by atoms with Crippen molar-refractivity contribution in [2.24, 2.45) is 0 Å². The van der Waals surface area contributed by atoms with E-state index in [1.165, 1.54) is 31.4 Å². The Labute approximate surface area is 97.8 Å². The summed E-state index contributed by atoms with van der Waals surface area (Å²) >= 11 is 0. The largest absolute Gasteiger partial charge is 0.295 e. The lowest BCUT2D eigenvalue weighted by atomic mass is 10.0. The predicted molar refractivity (Wildman–Crippen MR) is 66.3 cm³/mol. The summed E-state index contributed by atoms with van der Waals surface area (Å²) in [5.74, 6) is 0. The zero-order chi connectivity index (χ0) is 11.4. The van der Waals surface area contributed by atoms with E-state index in [1.807, 2.05) is 23.1 Å². The molecular weight excluding hydrogens is 198 g/mol. The minimum Gasteiger partial charge on any atom is -0.295 e. The highest BCUT2D eigenvalue weighted by molar-refractivity contribution is 4.94. The van der Waals surface area contributed by atoms with Crippen molar-refractivity contribution in [2.75, 3.05) is 13.1 Å². The second-order valence-corrected chi connectivity index (χ2v) is 4.81. The van der Waals surface area contributed by atoms with Gasteiger partial charge in [0.15, 0.2) is 0 Å². The van der Waals surface area contributed by atoms with Gasteiger partial charge >= 0.3 is 0 Å². The SMILES string of the molecule is C=C(C)CN1CCCC[C@@H]1Cn1cccn1. The van der Waals surface area contributed by atoms with E-state index in [0.29, 0.717) is 6.04 Å². The molecule has 0 aliphatic carbocycles. The van der Waals surface area contributed by atoms with Crippen LogP contribution in [0.3, 0.4) is 0 Å². The lowest BCUT2D eigenvalue weighted by Gasteiger charge is -2.35. The van der Waals surface area contributed by atoms with Gasteiger partial charge in [0.05, 0.1) is 6.54 Å². The highest BCUT2D eigenvalue weighted by Gasteiger charge is 2.22. The average molecular weight is 219 g/mol. The van der Waals surface area contributed by atoms with Gasteiger partial charge in [-0.15, -0.1) is 0 Å². The number of rotatable bonds is 4. The van der Waals surface area contributed by atoms with E-state index >= 15 is 0 Å². The van der Waals surface area contributed by atoms with Crippen molar-refractivity contribution in [1.82, 2.24) is 14.7 Å². The Balaban J connectivity index is 1.96. The minimum absolute atomic E-state index is 0.630. The standard InChI is InChI=1S/C13H21N3/c1-12(2)10-15-8-4-3-6-13(15)11-16-9-5-7-14-16/h5,7,9,13H,1,3-4,6,8,10-11H2,2H3/t13-/m1/s1. The summed E-state index contributed by atoms with van der Waals surface area (Å²) in [6, 6.07) is 2.62. The van der Waals surface area contributed by atoms with Crippen LogP contribution in [0.25, 0.3) is 0 Å². The van der Waals surface area contributed by atoms with Crippen molar-refractivity contribution in [1.29, 1.82) is 0 Å². The van der Waals surface area contributed by atoms with E-state index in [4.69, 9.17) is 0 Å². The first-order chi connectivity index (χ1) is 7.75. The number of nitrogens with zero attached hydrogens (tertiary/aromatic N) is 3. The Hall–Kier alpha value is -1.09. The summed E-state index contributed by atoms with van der Waals surface area (Å²) < 4.78 is 2.04. The topological polar surface area (TPSA) is 21.1 Å². The molecule has 1 saturated heterocycles. The summed E-state index contributed by atoms with van der Waals surface area (Å²) in [5.41, 5.74) is 1.26. The minimum atomic E-state index is 0.630. The molecule has 0 N–H and O–H groups in total. The molecule has 0 aromatic carbocycles. The molecule has 0 bridgehead atoms. The summed E-state index contributed by atoms with van der Waals surface area (Å²) in [7, 11) is 0. The zero-order valence-corrected chi connectivity index (χ0v) is 10.1. The van der Waals surface area contributed by atoms with Crippen LogP contribution in [-0.2, 0) is 6.54 Å². The summed E-state index contributed by atoms with van der Waals surface area (Å²) in [4.78, 5) is 2.55. The van der Waals surface area contributed by atoms with E-state index in [0.717, 1.165) is 13.1 Å². The fraction of sp³-hybridized carbons (Fsp3) is 0.615. The van der Waals surface area contributed by atoms with Gasteiger partial charge in [-0.25, -0.2) is 0 Å². The molecule has 0 unspecified atom stereocenters. The van der Waals surface area contributed by atoms with E-state index in [2.05, 4.69) is 23.5 Å². The van der Waals surface area contributed by atoms with Crippen LogP contribution in [0.15, 0.2) is 30.6 Å². The number of hydrogen-bond acceptors (Lipinski definition) is 2. The molecule has 16 heavy (non-hydrogen) atoms. The highest BCUT2D eigenvalue weighted by Crippen LogP contribution is 2.19. The first-order valence-electron chi connectivity index (χ1n) is 6.11. The van der Waals surface area contributed by atoms with Crippen molar-refractivity contribution in [2.45, 2.75) is 38.8 Å². The Bertz CT molecular complexity index is 329. The Morgan fingerprint density at radius 3 is 3.06 bits per heavy atom. The smallest absolute Gasteiger partial charge is 0.0565 e. The molecule has 3 nitrogen and oxygen atoms in total.